The van der Waals surface area contributed by atoms with Gasteiger partial charge in [0, 0.05) is 30.0 Å². The molecule has 1 N–H and O–H groups in total. The number of carbonyl (C=O) groups is 1. The molecule has 0 aliphatic heterocycles. The third kappa shape index (κ3) is 6.28. The van der Waals surface area contributed by atoms with Gasteiger partial charge in [-0.05, 0) is 49.4 Å². The number of rotatable bonds is 10. The molecule has 0 spiro atoms. The first-order valence-electron chi connectivity index (χ1n) is 12.1. The minimum absolute atomic E-state index is 0.0109. The number of nitro groups is 1. The Bertz CT molecular complexity index is 1170. The van der Waals surface area contributed by atoms with Gasteiger partial charge in [-0.2, -0.15) is 0 Å². The first-order valence-corrected chi connectivity index (χ1v) is 13.1. The van der Waals surface area contributed by atoms with Crippen LogP contribution in [0.1, 0.15) is 68.4 Å². The van der Waals surface area contributed by atoms with Gasteiger partial charge in [0.2, 0.25) is 5.91 Å². The average Bonchev–Trinajstić information content (AvgIpc) is 3.52. The molecule has 3 aromatic rings. The number of hydrogen-bond donors (Lipinski definition) is 1. The second kappa shape index (κ2) is 11.5. The first kappa shape index (κ1) is 24.9. The van der Waals surface area contributed by atoms with Crippen molar-refractivity contribution in [2.45, 2.75) is 69.3 Å². The maximum absolute atomic E-state index is 12.7. The Labute approximate surface area is 209 Å². The van der Waals surface area contributed by atoms with E-state index in [1.165, 1.54) is 48.9 Å². The maximum Gasteiger partial charge on any atom is 0.269 e. The fourth-order valence-corrected chi connectivity index (χ4v) is 5.58. The summed E-state index contributed by atoms with van der Waals surface area (Å²) in [6, 6.07) is 14.2. The van der Waals surface area contributed by atoms with E-state index in [-0.39, 0.29) is 17.6 Å². The highest BCUT2D eigenvalue weighted by Crippen LogP contribution is 2.30. The Hall–Kier alpha value is -3.20. The van der Waals surface area contributed by atoms with Crippen molar-refractivity contribution in [2.24, 2.45) is 5.92 Å². The molecule has 8 nitrogen and oxygen atoms in total. The highest BCUT2D eigenvalue weighted by atomic mass is 32.2. The Kier molecular flexibility index (Phi) is 8.17. The van der Waals surface area contributed by atoms with Gasteiger partial charge in [-0.3, -0.25) is 19.5 Å². The molecule has 1 aliphatic carbocycles. The summed E-state index contributed by atoms with van der Waals surface area (Å²) in [5.74, 6) is 1.97. The highest BCUT2D eigenvalue weighted by Gasteiger charge is 2.23. The number of thioether (sulfide) groups is 1. The number of aromatic nitrogens is 3. The largest absolute Gasteiger partial charge is 0.346 e. The van der Waals surface area contributed by atoms with E-state index < -0.39 is 4.92 Å². The van der Waals surface area contributed by atoms with Gasteiger partial charge in [0.25, 0.3) is 5.69 Å². The van der Waals surface area contributed by atoms with E-state index in [1.807, 2.05) is 23.6 Å². The molecule has 1 atom stereocenters. The zero-order valence-corrected chi connectivity index (χ0v) is 21.0. The molecule has 0 bridgehead atoms. The van der Waals surface area contributed by atoms with Crippen LogP contribution in [0.25, 0.3) is 5.69 Å². The van der Waals surface area contributed by atoms with E-state index in [0.717, 1.165) is 12.1 Å². The molecule has 9 heteroatoms. The zero-order valence-electron chi connectivity index (χ0n) is 20.1. The predicted molar refractivity (Wildman–Crippen MR) is 137 cm³/mol. The van der Waals surface area contributed by atoms with Crippen LogP contribution in [-0.4, -0.2) is 25.6 Å². The van der Waals surface area contributed by atoms with Crippen molar-refractivity contribution in [2.75, 3.05) is 0 Å². The molecule has 1 saturated carbocycles. The standard InChI is InChI=1S/C26H31N5O3S/c1-18-7-3-6-10-21(18)17-35-26-29-28-25(30(26)22-12-14-23(15-13-22)31(33)34)19(2)27-24(32)16-11-20-8-4-5-9-20/h3,6-7,10,12-15,19-20H,4-5,8-9,11,16-17H2,1-2H3,(H,27,32). The number of benzene rings is 2. The number of carbonyl (C=O) groups excluding carboxylic acids is 1. The molecule has 1 unspecified atom stereocenters. The Morgan fingerprint density at radius 3 is 2.57 bits per heavy atom. The predicted octanol–water partition coefficient (Wildman–Crippen LogP) is 5.92. The van der Waals surface area contributed by atoms with E-state index in [2.05, 4.69) is 34.6 Å². The van der Waals surface area contributed by atoms with Crippen LogP contribution in [0.4, 0.5) is 5.69 Å². The van der Waals surface area contributed by atoms with Gasteiger partial charge in [0.05, 0.1) is 11.0 Å². The highest BCUT2D eigenvalue weighted by molar-refractivity contribution is 7.98. The van der Waals surface area contributed by atoms with Gasteiger partial charge in [-0.25, -0.2) is 0 Å². The second-order valence-corrected chi connectivity index (χ2v) is 10.1. The summed E-state index contributed by atoms with van der Waals surface area (Å²) in [5, 5.41) is 23.7. The molecule has 1 amide bonds. The Balaban J connectivity index is 1.55. The second-order valence-electron chi connectivity index (χ2n) is 9.14. The molecule has 0 radical (unpaired) electrons. The van der Waals surface area contributed by atoms with Crippen LogP contribution in [0.2, 0.25) is 0 Å². The molecule has 1 aliphatic rings. The van der Waals surface area contributed by atoms with Crippen molar-refractivity contribution in [3.8, 4) is 5.69 Å². The fraction of sp³-hybridized carbons (Fsp3) is 0.423. The maximum atomic E-state index is 12.7. The summed E-state index contributed by atoms with van der Waals surface area (Å²) >= 11 is 1.55. The van der Waals surface area contributed by atoms with Gasteiger partial charge in [-0.15, -0.1) is 10.2 Å². The van der Waals surface area contributed by atoms with Crippen LogP contribution in [0.15, 0.2) is 53.7 Å². The summed E-state index contributed by atoms with van der Waals surface area (Å²) in [6.45, 7) is 3.97. The smallest absolute Gasteiger partial charge is 0.269 e. The van der Waals surface area contributed by atoms with Crippen molar-refractivity contribution >= 4 is 23.4 Å². The summed E-state index contributed by atoms with van der Waals surface area (Å²) in [6.07, 6.45) is 6.41. The summed E-state index contributed by atoms with van der Waals surface area (Å²) in [4.78, 5) is 23.4. The van der Waals surface area contributed by atoms with Crippen molar-refractivity contribution < 1.29 is 9.72 Å². The Morgan fingerprint density at radius 1 is 1.17 bits per heavy atom. The third-order valence-electron chi connectivity index (χ3n) is 6.61. The lowest BCUT2D eigenvalue weighted by Gasteiger charge is -2.17. The van der Waals surface area contributed by atoms with Crippen molar-refractivity contribution in [1.82, 2.24) is 20.1 Å². The number of nitrogens with zero attached hydrogens (tertiary/aromatic N) is 4. The number of amides is 1. The molecule has 35 heavy (non-hydrogen) atoms. The topological polar surface area (TPSA) is 103 Å². The number of nitro benzene ring substituents is 1. The number of non-ortho nitro benzene ring substituents is 1. The minimum atomic E-state index is -0.419. The van der Waals surface area contributed by atoms with Crippen molar-refractivity contribution in [1.29, 1.82) is 0 Å². The quantitative estimate of drug-likeness (QED) is 0.213. The lowest BCUT2D eigenvalue weighted by molar-refractivity contribution is -0.384. The number of hydrogen-bond acceptors (Lipinski definition) is 6. The molecule has 4 rings (SSSR count). The zero-order chi connectivity index (χ0) is 24.8. The summed E-state index contributed by atoms with van der Waals surface area (Å²) < 4.78 is 1.88. The van der Waals surface area contributed by atoms with E-state index >= 15 is 0 Å². The van der Waals surface area contributed by atoms with Gasteiger partial charge < -0.3 is 5.32 Å². The number of aryl methyl sites for hydroxylation is 1. The molecule has 1 aromatic heterocycles. The molecule has 184 valence electrons. The van der Waals surface area contributed by atoms with Crippen LogP contribution in [0.5, 0.6) is 0 Å². The number of nitrogens with one attached hydrogen (secondary N) is 1. The van der Waals surface area contributed by atoms with Crippen LogP contribution < -0.4 is 5.32 Å². The average molecular weight is 494 g/mol. The molecule has 0 saturated heterocycles. The first-order chi connectivity index (χ1) is 16.9. The van der Waals surface area contributed by atoms with E-state index in [1.54, 1.807) is 23.9 Å². The van der Waals surface area contributed by atoms with Crippen LogP contribution in [0.3, 0.4) is 0 Å². The van der Waals surface area contributed by atoms with Crippen LogP contribution in [0, 0.1) is 23.0 Å². The molecular weight excluding hydrogens is 462 g/mol. The molecule has 1 fully saturated rings. The minimum Gasteiger partial charge on any atom is -0.346 e. The lowest BCUT2D eigenvalue weighted by Crippen LogP contribution is -2.28. The van der Waals surface area contributed by atoms with Gasteiger partial charge in [0.1, 0.15) is 0 Å². The van der Waals surface area contributed by atoms with E-state index in [0.29, 0.717) is 29.1 Å². The van der Waals surface area contributed by atoms with E-state index in [4.69, 9.17) is 0 Å². The lowest BCUT2D eigenvalue weighted by atomic mass is 10.0. The summed E-state index contributed by atoms with van der Waals surface area (Å²) in [7, 11) is 0. The Morgan fingerprint density at radius 2 is 1.89 bits per heavy atom. The van der Waals surface area contributed by atoms with E-state index in [9.17, 15) is 14.9 Å². The van der Waals surface area contributed by atoms with Gasteiger partial charge in [-0.1, -0.05) is 61.7 Å². The van der Waals surface area contributed by atoms with Gasteiger partial charge >= 0.3 is 0 Å². The fourth-order valence-electron chi connectivity index (χ4n) is 4.55. The molecule has 1 heterocycles. The van der Waals surface area contributed by atoms with Gasteiger partial charge in [0.15, 0.2) is 11.0 Å². The summed E-state index contributed by atoms with van der Waals surface area (Å²) in [5.41, 5.74) is 3.13. The van der Waals surface area contributed by atoms with Crippen LogP contribution >= 0.6 is 11.8 Å². The monoisotopic (exact) mass is 493 g/mol. The normalized spacial score (nSPS) is 14.7. The van der Waals surface area contributed by atoms with Crippen molar-refractivity contribution in [3.63, 3.8) is 0 Å². The molecule has 2 aromatic carbocycles. The SMILES string of the molecule is Cc1ccccc1CSc1nnc(C(C)NC(=O)CCC2CCCC2)n1-c1ccc([N+](=O)[O-])cc1. The van der Waals surface area contributed by atoms with Crippen LogP contribution in [-0.2, 0) is 10.5 Å². The molecular formula is C26H31N5O3S. The van der Waals surface area contributed by atoms with Crippen molar-refractivity contribution in [3.05, 3.63) is 75.6 Å². The third-order valence-corrected chi connectivity index (χ3v) is 7.59.